The molecule has 2 unspecified atom stereocenters. The van der Waals surface area contributed by atoms with Crippen molar-refractivity contribution in [2.75, 3.05) is 5.75 Å². The summed E-state index contributed by atoms with van der Waals surface area (Å²) in [6.07, 6.45) is 2.29. The van der Waals surface area contributed by atoms with Crippen molar-refractivity contribution in [3.63, 3.8) is 0 Å². The van der Waals surface area contributed by atoms with Crippen LogP contribution in [0.25, 0.3) is 0 Å². The van der Waals surface area contributed by atoms with Gasteiger partial charge < -0.3 is 5.73 Å². The van der Waals surface area contributed by atoms with E-state index in [0.717, 1.165) is 12.0 Å². The third-order valence-corrected chi connectivity index (χ3v) is 3.44. The monoisotopic (exact) mass is 237 g/mol. The maximum atomic E-state index is 11.7. The highest BCUT2D eigenvalue weighted by Crippen LogP contribution is 2.08. The second-order valence-corrected chi connectivity index (χ2v) is 5.25. The fourth-order valence-electron chi connectivity index (χ4n) is 1.22. The van der Waals surface area contributed by atoms with Gasteiger partial charge in [0.25, 0.3) is 0 Å². The Morgan fingerprint density at radius 3 is 3.06 bits per heavy atom. The summed E-state index contributed by atoms with van der Waals surface area (Å²) < 4.78 is 11.7. The van der Waals surface area contributed by atoms with Crippen LogP contribution < -0.4 is 5.73 Å². The zero-order valence-corrected chi connectivity index (χ0v) is 10.0. The van der Waals surface area contributed by atoms with E-state index in [9.17, 15) is 4.21 Å². The van der Waals surface area contributed by atoms with Crippen LogP contribution in [-0.4, -0.2) is 21.0 Å². The van der Waals surface area contributed by atoms with E-state index in [1.807, 2.05) is 13.0 Å². The van der Waals surface area contributed by atoms with Crippen molar-refractivity contribution in [3.8, 4) is 6.07 Å². The number of nitriles is 1. The van der Waals surface area contributed by atoms with Crippen molar-refractivity contribution >= 4 is 10.8 Å². The first-order valence-electron chi connectivity index (χ1n) is 5.08. The molecule has 16 heavy (non-hydrogen) atoms. The van der Waals surface area contributed by atoms with E-state index >= 15 is 0 Å². The Balaban J connectivity index is 2.60. The lowest BCUT2D eigenvalue weighted by atomic mass is 10.2. The van der Waals surface area contributed by atoms with Gasteiger partial charge >= 0.3 is 0 Å². The van der Waals surface area contributed by atoms with Gasteiger partial charge in [0.2, 0.25) is 0 Å². The molecular weight excluding hydrogens is 222 g/mol. The van der Waals surface area contributed by atoms with Crippen LogP contribution >= 0.6 is 0 Å². The SMILES string of the molecule is CC(N)CCS(=O)Cc1cccnc1C#N. The minimum absolute atomic E-state index is 0.0632. The molecule has 1 aromatic heterocycles. The molecule has 1 heterocycles. The van der Waals surface area contributed by atoms with Crippen LogP contribution in [0.4, 0.5) is 0 Å². The van der Waals surface area contributed by atoms with E-state index in [0.29, 0.717) is 17.2 Å². The van der Waals surface area contributed by atoms with E-state index < -0.39 is 10.8 Å². The van der Waals surface area contributed by atoms with E-state index in [4.69, 9.17) is 11.0 Å². The molecule has 4 nitrogen and oxygen atoms in total. The van der Waals surface area contributed by atoms with Crippen molar-refractivity contribution in [2.24, 2.45) is 5.73 Å². The first-order valence-corrected chi connectivity index (χ1v) is 6.57. The number of nitrogens with two attached hydrogens (primary N) is 1. The van der Waals surface area contributed by atoms with Gasteiger partial charge in [-0.1, -0.05) is 6.07 Å². The van der Waals surface area contributed by atoms with Gasteiger partial charge in [0.1, 0.15) is 11.8 Å². The summed E-state index contributed by atoms with van der Waals surface area (Å²) in [5, 5.41) is 8.82. The van der Waals surface area contributed by atoms with Gasteiger partial charge in [-0.25, -0.2) is 4.98 Å². The molecule has 1 rings (SSSR count). The molecule has 0 aliphatic heterocycles. The highest BCUT2D eigenvalue weighted by Gasteiger charge is 2.07. The zero-order chi connectivity index (χ0) is 12.0. The predicted octanol–water partition coefficient (Wildman–Crippen LogP) is 0.939. The molecule has 86 valence electrons. The fourth-order valence-corrected chi connectivity index (χ4v) is 2.58. The molecule has 0 spiro atoms. The molecule has 5 heteroatoms. The highest BCUT2D eigenvalue weighted by atomic mass is 32.2. The van der Waals surface area contributed by atoms with Gasteiger partial charge in [0.15, 0.2) is 0 Å². The van der Waals surface area contributed by atoms with Gasteiger partial charge in [-0.15, -0.1) is 0 Å². The topological polar surface area (TPSA) is 79.8 Å². The zero-order valence-electron chi connectivity index (χ0n) is 9.22. The van der Waals surface area contributed by atoms with Crippen LogP contribution in [0.15, 0.2) is 18.3 Å². The van der Waals surface area contributed by atoms with Gasteiger partial charge in [0.05, 0.1) is 5.75 Å². The van der Waals surface area contributed by atoms with Gasteiger partial charge in [-0.2, -0.15) is 5.26 Å². The summed E-state index contributed by atoms with van der Waals surface area (Å²) in [5.41, 5.74) is 6.69. The summed E-state index contributed by atoms with van der Waals surface area (Å²) in [6, 6.07) is 5.59. The van der Waals surface area contributed by atoms with Gasteiger partial charge in [0, 0.05) is 34.4 Å². The van der Waals surface area contributed by atoms with Crippen molar-refractivity contribution in [1.82, 2.24) is 4.98 Å². The third-order valence-electron chi connectivity index (χ3n) is 2.11. The molecular formula is C11H15N3OS. The Morgan fingerprint density at radius 1 is 1.69 bits per heavy atom. The molecule has 0 aliphatic carbocycles. The molecule has 0 radical (unpaired) electrons. The Labute approximate surface area is 97.9 Å². The standard InChI is InChI=1S/C11H15N3OS/c1-9(13)4-6-16(15)8-10-3-2-5-14-11(10)7-12/h2-3,5,9H,4,6,8,13H2,1H3. The van der Waals surface area contributed by atoms with Crippen LogP contribution in [0.5, 0.6) is 0 Å². The lowest BCUT2D eigenvalue weighted by molar-refractivity contribution is 0.667. The maximum Gasteiger partial charge on any atom is 0.144 e. The third kappa shape index (κ3) is 4.09. The summed E-state index contributed by atoms with van der Waals surface area (Å²) in [6.45, 7) is 1.89. The second kappa shape index (κ2) is 6.36. The highest BCUT2D eigenvalue weighted by molar-refractivity contribution is 7.84. The maximum absolute atomic E-state index is 11.7. The smallest absolute Gasteiger partial charge is 0.144 e. The number of hydrogen-bond donors (Lipinski definition) is 1. The van der Waals surface area contributed by atoms with Gasteiger partial charge in [-0.3, -0.25) is 4.21 Å². The van der Waals surface area contributed by atoms with Crippen molar-refractivity contribution in [2.45, 2.75) is 25.1 Å². The second-order valence-electron chi connectivity index (χ2n) is 3.68. The van der Waals surface area contributed by atoms with Crippen molar-refractivity contribution < 1.29 is 4.21 Å². The quantitative estimate of drug-likeness (QED) is 0.826. The molecule has 1 aromatic rings. The van der Waals surface area contributed by atoms with Gasteiger partial charge in [-0.05, 0) is 19.4 Å². The Bertz CT molecular complexity index is 412. The lowest BCUT2D eigenvalue weighted by Gasteiger charge is -2.05. The first kappa shape index (κ1) is 12.8. The summed E-state index contributed by atoms with van der Waals surface area (Å²) in [4.78, 5) is 3.93. The Morgan fingerprint density at radius 2 is 2.44 bits per heavy atom. The first-order chi connectivity index (χ1) is 7.63. The number of aromatic nitrogens is 1. The lowest BCUT2D eigenvalue weighted by Crippen LogP contribution is -2.18. The molecule has 2 N–H and O–H groups in total. The molecule has 2 atom stereocenters. The van der Waals surface area contributed by atoms with Crippen LogP contribution in [0.1, 0.15) is 24.6 Å². The molecule has 0 saturated carbocycles. The van der Waals surface area contributed by atoms with Crippen LogP contribution in [-0.2, 0) is 16.6 Å². The fraction of sp³-hybridized carbons (Fsp3) is 0.455. The van der Waals surface area contributed by atoms with Crippen LogP contribution in [0, 0.1) is 11.3 Å². The predicted molar refractivity (Wildman–Crippen MR) is 63.9 cm³/mol. The summed E-state index contributed by atoms with van der Waals surface area (Å²) in [7, 11) is -0.975. The van der Waals surface area contributed by atoms with Crippen molar-refractivity contribution in [3.05, 3.63) is 29.6 Å². The van der Waals surface area contributed by atoms with E-state index in [1.54, 1.807) is 18.3 Å². The molecule has 0 amide bonds. The number of pyridine rings is 1. The van der Waals surface area contributed by atoms with E-state index in [-0.39, 0.29) is 6.04 Å². The molecule has 0 aliphatic rings. The molecule has 0 fully saturated rings. The number of nitrogens with zero attached hydrogens (tertiary/aromatic N) is 2. The number of rotatable bonds is 5. The van der Waals surface area contributed by atoms with Crippen molar-refractivity contribution in [1.29, 1.82) is 5.26 Å². The largest absolute Gasteiger partial charge is 0.328 e. The molecule has 0 aromatic carbocycles. The average molecular weight is 237 g/mol. The minimum atomic E-state index is -0.975. The normalized spacial score (nSPS) is 14.1. The summed E-state index contributed by atoms with van der Waals surface area (Å²) in [5.74, 6) is 0.945. The average Bonchev–Trinajstić information content (AvgIpc) is 2.27. The minimum Gasteiger partial charge on any atom is -0.328 e. The Kier molecular flexibility index (Phi) is 5.09. The molecule has 0 saturated heterocycles. The molecule has 0 bridgehead atoms. The van der Waals surface area contributed by atoms with Crippen LogP contribution in [0.2, 0.25) is 0 Å². The Hall–Kier alpha value is -1.25. The van der Waals surface area contributed by atoms with E-state index in [2.05, 4.69) is 4.98 Å². The van der Waals surface area contributed by atoms with E-state index in [1.165, 1.54) is 0 Å². The van der Waals surface area contributed by atoms with Crippen LogP contribution in [0.3, 0.4) is 0 Å². The summed E-state index contributed by atoms with van der Waals surface area (Å²) >= 11 is 0. The number of hydrogen-bond acceptors (Lipinski definition) is 4.